The molecule has 0 heterocycles. The molecule has 0 radical (unpaired) electrons. The Bertz CT molecular complexity index is 616. The van der Waals surface area contributed by atoms with Crippen LogP contribution in [-0.4, -0.2) is 5.84 Å². The molecule has 2 aromatic rings. The van der Waals surface area contributed by atoms with E-state index in [0.29, 0.717) is 10.6 Å². The van der Waals surface area contributed by atoms with Crippen molar-refractivity contribution < 1.29 is 9.13 Å². The third-order valence-electron chi connectivity index (χ3n) is 2.58. The number of nitrogens with one attached hydrogen (secondary N) is 1. The molecule has 0 aliphatic rings. The van der Waals surface area contributed by atoms with E-state index in [2.05, 4.69) is 0 Å². The van der Waals surface area contributed by atoms with E-state index < -0.39 is 5.82 Å². The average Bonchev–Trinajstić information content (AvgIpc) is 2.39. The lowest BCUT2D eigenvalue weighted by Crippen LogP contribution is -2.11. The van der Waals surface area contributed by atoms with Crippen molar-refractivity contribution in [2.45, 2.75) is 6.61 Å². The minimum Gasteiger partial charge on any atom is -0.486 e. The summed E-state index contributed by atoms with van der Waals surface area (Å²) >= 11 is 5.98. The summed E-state index contributed by atoms with van der Waals surface area (Å²) in [5.41, 5.74) is 6.37. The minimum absolute atomic E-state index is 0.102. The van der Waals surface area contributed by atoms with Gasteiger partial charge in [-0.15, -0.1) is 0 Å². The van der Waals surface area contributed by atoms with Crippen molar-refractivity contribution in [2.75, 3.05) is 0 Å². The van der Waals surface area contributed by atoms with Gasteiger partial charge in [-0.05, 0) is 24.3 Å². The van der Waals surface area contributed by atoms with Crippen LogP contribution in [0.25, 0.3) is 0 Å². The predicted octanol–water partition coefficient (Wildman–Crippen LogP) is 3.34. The van der Waals surface area contributed by atoms with E-state index in [-0.39, 0.29) is 18.2 Å². The monoisotopic (exact) mass is 278 g/mol. The molecule has 0 fully saturated rings. The van der Waals surface area contributed by atoms with Gasteiger partial charge in [0.1, 0.15) is 12.4 Å². The van der Waals surface area contributed by atoms with Gasteiger partial charge in [-0.25, -0.2) is 4.39 Å². The lowest BCUT2D eigenvalue weighted by atomic mass is 10.2. The van der Waals surface area contributed by atoms with Gasteiger partial charge in [-0.2, -0.15) is 0 Å². The summed E-state index contributed by atoms with van der Waals surface area (Å²) in [5.74, 6) is -0.638. The highest BCUT2D eigenvalue weighted by molar-refractivity contribution is 6.31. The molecule has 0 amide bonds. The second kappa shape index (κ2) is 5.71. The molecule has 2 rings (SSSR count). The summed E-state index contributed by atoms with van der Waals surface area (Å²) in [5, 5.41) is 7.79. The number of ether oxygens (including phenoxy) is 1. The first kappa shape index (κ1) is 13.4. The molecule has 2 aromatic carbocycles. The van der Waals surface area contributed by atoms with E-state index in [1.807, 2.05) is 18.2 Å². The first-order valence-electron chi connectivity index (χ1n) is 5.58. The van der Waals surface area contributed by atoms with Gasteiger partial charge >= 0.3 is 0 Å². The third-order valence-corrected chi connectivity index (χ3v) is 2.95. The smallest absolute Gasteiger partial charge is 0.165 e. The predicted molar refractivity (Wildman–Crippen MR) is 73.2 cm³/mol. The van der Waals surface area contributed by atoms with Gasteiger partial charge < -0.3 is 10.5 Å². The van der Waals surface area contributed by atoms with Crippen LogP contribution in [0.2, 0.25) is 5.02 Å². The minimum atomic E-state index is -0.556. The van der Waals surface area contributed by atoms with Gasteiger partial charge in [0.15, 0.2) is 11.6 Å². The van der Waals surface area contributed by atoms with Crippen molar-refractivity contribution in [3.8, 4) is 5.75 Å². The van der Waals surface area contributed by atoms with Gasteiger partial charge in [0.05, 0.1) is 0 Å². The highest BCUT2D eigenvalue weighted by Gasteiger charge is 2.07. The Kier molecular flexibility index (Phi) is 4.02. The molecule has 3 N–H and O–H groups in total. The molecule has 5 heteroatoms. The molecule has 0 spiro atoms. The van der Waals surface area contributed by atoms with E-state index in [4.69, 9.17) is 27.5 Å². The molecule has 0 unspecified atom stereocenters. The summed E-state index contributed by atoms with van der Waals surface area (Å²) in [6.45, 7) is 0.177. The zero-order valence-electron chi connectivity index (χ0n) is 9.99. The quantitative estimate of drug-likeness (QED) is 0.666. The summed E-state index contributed by atoms with van der Waals surface area (Å²) < 4.78 is 19.1. The Morgan fingerprint density at radius 2 is 2.00 bits per heavy atom. The highest BCUT2D eigenvalue weighted by Crippen LogP contribution is 2.21. The van der Waals surface area contributed by atoms with Crippen LogP contribution >= 0.6 is 11.6 Å². The van der Waals surface area contributed by atoms with Gasteiger partial charge in [0, 0.05) is 16.1 Å². The van der Waals surface area contributed by atoms with Crippen LogP contribution < -0.4 is 10.5 Å². The molecule has 0 saturated carbocycles. The summed E-state index contributed by atoms with van der Waals surface area (Å²) in [4.78, 5) is 0. The van der Waals surface area contributed by atoms with Crippen LogP contribution in [-0.2, 0) is 6.61 Å². The number of amidine groups is 1. The molecule has 0 aliphatic heterocycles. The van der Waals surface area contributed by atoms with Gasteiger partial charge in [0.25, 0.3) is 0 Å². The molecular formula is C14H12ClFN2O. The van der Waals surface area contributed by atoms with Crippen molar-refractivity contribution in [1.82, 2.24) is 0 Å². The van der Waals surface area contributed by atoms with Crippen LogP contribution in [0, 0.1) is 11.2 Å². The number of rotatable bonds is 4. The molecule has 98 valence electrons. The lowest BCUT2D eigenvalue weighted by molar-refractivity contribution is 0.290. The highest BCUT2D eigenvalue weighted by atomic mass is 35.5. The normalized spacial score (nSPS) is 10.2. The van der Waals surface area contributed by atoms with E-state index in [1.165, 1.54) is 18.2 Å². The van der Waals surface area contributed by atoms with Gasteiger partial charge in [-0.3, -0.25) is 5.41 Å². The van der Waals surface area contributed by atoms with E-state index in [1.54, 1.807) is 6.07 Å². The van der Waals surface area contributed by atoms with E-state index >= 15 is 0 Å². The lowest BCUT2D eigenvalue weighted by Gasteiger charge is -2.09. The molecule has 0 aromatic heterocycles. The molecule has 0 atom stereocenters. The fraction of sp³-hybridized carbons (Fsp3) is 0.0714. The zero-order chi connectivity index (χ0) is 13.8. The maximum atomic E-state index is 13.7. The van der Waals surface area contributed by atoms with Crippen LogP contribution in [0.3, 0.4) is 0 Å². The molecule has 0 aliphatic carbocycles. The summed E-state index contributed by atoms with van der Waals surface area (Å²) in [6.07, 6.45) is 0. The number of nitrogen functional groups attached to an aromatic ring is 1. The van der Waals surface area contributed by atoms with Crippen LogP contribution in [0.5, 0.6) is 5.75 Å². The van der Waals surface area contributed by atoms with Crippen molar-refractivity contribution >= 4 is 17.4 Å². The first-order chi connectivity index (χ1) is 9.08. The number of halogens is 2. The van der Waals surface area contributed by atoms with E-state index in [0.717, 1.165) is 5.56 Å². The number of hydrogen-bond acceptors (Lipinski definition) is 2. The van der Waals surface area contributed by atoms with Crippen molar-refractivity contribution in [1.29, 1.82) is 5.41 Å². The Hall–Kier alpha value is -2.07. The molecule has 3 nitrogen and oxygen atoms in total. The number of nitrogens with two attached hydrogens (primary N) is 1. The Balaban J connectivity index is 2.12. The fourth-order valence-electron chi connectivity index (χ4n) is 1.56. The average molecular weight is 279 g/mol. The molecule has 0 bridgehead atoms. The van der Waals surface area contributed by atoms with Crippen LogP contribution in [0.15, 0.2) is 42.5 Å². The van der Waals surface area contributed by atoms with Gasteiger partial charge in [-0.1, -0.05) is 29.8 Å². The van der Waals surface area contributed by atoms with Crippen molar-refractivity contribution in [2.24, 2.45) is 5.73 Å². The van der Waals surface area contributed by atoms with Gasteiger partial charge in [0.2, 0.25) is 0 Å². The summed E-state index contributed by atoms with van der Waals surface area (Å²) in [7, 11) is 0. The Labute approximate surface area is 115 Å². The van der Waals surface area contributed by atoms with Crippen LogP contribution in [0.4, 0.5) is 4.39 Å². The van der Waals surface area contributed by atoms with Crippen LogP contribution in [0.1, 0.15) is 11.1 Å². The second-order valence-electron chi connectivity index (χ2n) is 3.94. The largest absolute Gasteiger partial charge is 0.486 e. The number of hydrogen-bond donors (Lipinski definition) is 2. The van der Waals surface area contributed by atoms with Crippen molar-refractivity contribution in [3.05, 3.63) is 64.4 Å². The molecule has 19 heavy (non-hydrogen) atoms. The molecular weight excluding hydrogens is 267 g/mol. The first-order valence-corrected chi connectivity index (χ1v) is 5.96. The zero-order valence-corrected chi connectivity index (χ0v) is 10.7. The Morgan fingerprint density at radius 1 is 1.26 bits per heavy atom. The molecule has 0 saturated heterocycles. The Morgan fingerprint density at radius 3 is 2.63 bits per heavy atom. The fourth-order valence-corrected chi connectivity index (χ4v) is 1.75. The SMILES string of the molecule is N=C(N)c1ccc(OCc2ccccc2Cl)c(F)c1. The van der Waals surface area contributed by atoms with Crippen molar-refractivity contribution in [3.63, 3.8) is 0 Å². The second-order valence-corrected chi connectivity index (χ2v) is 4.35. The number of benzene rings is 2. The maximum Gasteiger partial charge on any atom is 0.165 e. The maximum absolute atomic E-state index is 13.7. The topological polar surface area (TPSA) is 59.1 Å². The standard InChI is InChI=1S/C14H12ClFN2O/c15-11-4-2-1-3-10(11)8-19-13-6-5-9(14(17)18)7-12(13)16/h1-7H,8H2,(H3,17,18). The summed E-state index contributed by atoms with van der Waals surface area (Å²) in [6, 6.07) is 11.4. The third kappa shape index (κ3) is 3.23. The van der Waals surface area contributed by atoms with E-state index in [9.17, 15) is 4.39 Å².